The van der Waals surface area contributed by atoms with Crippen LogP contribution in [0.2, 0.25) is 5.02 Å². The smallest absolute Gasteiger partial charge is 0.251 e. The second kappa shape index (κ2) is 9.80. The van der Waals surface area contributed by atoms with Gasteiger partial charge in [0.2, 0.25) is 0 Å². The van der Waals surface area contributed by atoms with E-state index in [1.165, 1.54) is 12.8 Å². The number of nitrogens with zero attached hydrogens (tertiary/aromatic N) is 2. The maximum Gasteiger partial charge on any atom is 0.251 e. The number of carbonyl (C=O) groups is 1. The first-order valence-electron chi connectivity index (χ1n) is 11.0. The predicted molar refractivity (Wildman–Crippen MR) is 119 cm³/mol. The van der Waals surface area contributed by atoms with Crippen molar-refractivity contribution in [3.63, 3.8) is 0 Å². The van der Waals surface area contributed by atoms with Crippen LogP contribution >= 0.6 is 11.6 Å². The van der Waals surface area contributed by atoms with Gasteiger partial charge in [0.15, 0.2) is 0 Å². The van der Waals surface area contributed by atoms with Gasteiger partial charge in [0, 0.05) is 36.9 Å². The molecule has 5 nitrogen and oxygen atoms in total. The number of hydrogen-bond donors (Lipinski definition) is 1. The number of aromatic nitrogens is 1. The second-order valence-electron chi connectivity index (χ2n) is 8.46. The van der Waals surface area contributed by atoms with Gasteiger partial charge in [-0.05, 0) is 62.9 Å². The summed E-state index contributed by atoms with van der Waals surface area (Å²) in [6.45, 7) is 4.84. The van der Waals surface area contributed by atoms with Gasteiger partial charge in [-0.25, -0.2) is 0 Å². The fourth-order valence-electron chi connectivity index (χ4n) is 4.36. The first-order chi connectivity index (χ1) is 14.6. The fraction of sp³-hybridized carbons (Fsp3) is 0.500. The molecule has 0 unspecified atom stereocenters. The normalized spacial score (nSPS) is 18.5. The van der Waals surface area contributed by atoms with Crippen LogP contribution in [0.5, 0.6) is 5.75 Å². The van der Waals surface area contributed by atoms with Crippen molar-refractivity contribution < 1.29 is 9.53 Å². The van der Waals surface area contributed by atoms with Crippen LogP contribution in [-0.4, -0.2) is 41.0 Å². The van der Waals surface area contributed by atoms with Crippen LogP contribution in [0.25, 0.3) is 0 Å². The molecule has 1 aromatic carbocycles. The molecule has 1 saturated heterocycles. The van der Waals surface area contributed by atoms with Crippen molar-refractivity contribution in [1.29, 1.82) is 0 Å². The molecule has 1 saturated carbocycles. The van der Waals surface area contributed by atoms with Gasteiger partial charge in [-0.3, -0.25) is 14.7 Å². The Morgan fingerprint density at radius 1 is 1.17 bits per heavy atom. The summed E-state index contributed by atoms with van der Waals surface area (Å²) in [5.74, 6) is 0.612. The Bertz CT molecular complexity index is 875. The molecule has 1 aromatic heterocycles. The van der Waals surface area contributed by atoms with E-state index < -0.39 is 0 Å². The Morgan fingerprint density at radius 2 is 1.93 bits per heavy atom. The molecule has 0 bridgehead atoms. The van der Waals surface area contributed by atoms with Gasteiger partial charge in [0.05, 0.1) is 10.7 Å². The Kier molecular flexibility index (Phi) is 6.90. The zero-order valence-corrected chi connectivity index (χ0v) is 18.3. The highest BCUT2D eigenvalue weighted by Gasteiger charge is 2.23. The van der Waals surface area contributed by atoms with Crippen molar-refractivity contribution in [2.45, 2.75) is 64.1 Å². The van der Waals surface area contributed by atoms with Gasteiger partial charge >= 0.3 is 0 Å². The molecular formula is C24H30ClN3O2. The van der Waals surface area contributed by atoms with E-state index in [-0.39, 0.29) is 12.0 Å². The third kappa shape index (κ3) is 5.52. The highest BCUT2D eigenvalue weighted by atomic mass is 35.5. The molecule has 2 heterocycles. The van der Waals surface area contributed by atoms with Crippen molar-refractivity contribution in [3.05, 3.63) is 58.4 Å². The lowest BCUT2D eigenvalue weighted by atomic mass is 10.1. The van der Waals surface area contributed by atoms with Crippen LogP contribution in [0.1, 0.15) is 60.3 Å². The molecule has 1 aliphatic heterocycles. The van der Waals surface area contributed by atoms with E-state index in [1.807, 2.05) is 25.1 Å². The molecule has 0 radical (unpaired) electrons. The number of pyridine rings is 1. The fourth-order valence-corrected chi connectivity index (χ4v) is 4.58. The maximum atomic E-state index is 12.4. The van der Waals surface area contributed by atoms with Crippen LogP contribution < -0.4 is 10.1 Å². The van der Waals surface area contributed by atoms with E-state index in [2.05, 4.69) is 27.3 Å². The number of aryl methyl sites for hydroxylation is 1. The molecular weight excluding hydrogens is 398 g/mol. The van der Waals surface area contributed by atoms with Crippen LogP contribution in [-0.2, 0) is 6.54 Å². The molecule has 1 amide bonds. The number of amides is 1. The highest BCUT2D eigenvalue weighted by molar-refractivity contribution is 6.32. The number of piperidine rings is 1. The Hall–Kier alpha value is -2.11. The average Bonchev–Trinajstić information content (AvgIpc) is 3.24. The van der Waals surface area contributed by atoms with Crippen LogP contribution in [0, 0.1) is 6.92 Å². The van der Waals surface area contributed by atoms with Crippen LogP contribution in [0.15, 0.2) is 36.4 Å². The summed E-state index contributed by atoms with van der Waals surface area (Å²) in [7, 11) is 0. The first kappa shape index (κ1) is 21.1. The number of rotatable bonds is 6. The molecule has 0 spiro atoms. The molecule has 1 aliphatic carbocycles. The van der Waals surface area contributed by atoms with E-state index in [0.29, 0.717) is 22.4 Å². The summed E-state index contributed by atoms with van der Waals surface area (Å²) in [5.41, 5.74) is 2.77. The first-order valence-corrected chi connectivity index (χ1v) is 11.4. The van der Waals surface area contributed by atoms with E-state index in [0.717, 1.165) is 56.7 Å². The summed E-state index contributed by atoms with van der Waals surface area (Å²) in [5, 5.41) is 3.60. The lowest BCUT2D eigenvalue weighted by Crippen LogP contribution is -2.38. The summed E-state index contributed by atoms with van der Waals surface area (Å²) in [6.07, 6.45) is 6.57. The van der Waals surface area contributed by atoms with Gasteiger partial charge in [0.25, 0.3) is 5.91 Å². The van der Waals surface area contributed by atoms with Gasteiger partial charge in [-0.1, -0.05) is 30.5 Å². The molecule has 160 valence electrons. The average molecular weight is 428 g/mol. The Balaban J connectivity index is 1.28. The Morgan fingerprint density at radius 3 is 2.63 bits per heavy atom. The minimum Gasteiger partial charge on any atom is -0.489 e. The summed E-state index contributed by atoms with van der Waals surface area (Å²) in [4.78, 5) is 19.5. The molecule has 0 atom stereocenters. The highest BCUT2D eigenvalue weighted by Crippen LogP contribution is 2.29. The number of hydrogen-bond acceptors (Lipinski definition) is 4. The van der Waals surface area contributed by atoms with Crippen molar-refractivity contribution in [2.75, 3.05) is 13.1 Å². The number of carbonyl (C=O) groups excluding carboxylic acids is 1. The number of nitrogens with one attached hydrogen (secondary N) is 1. The number of likely N-dealkylation sites (tertiary alicyclic amines) is 1. The third-order valence-electron chi connectivity index (χ3n) is 6.04. The van der Waals surface area contributed by atoms with Gasteiger partial charge in [-0.2, -0.15) is 0 Å². The zero-order valence-electron chi connectivity index (χ0n) is 17.6. The molecule has 2 fully saturated rings. The summed E-state index contributed by atoms with van der Waals surface area (Å²) in [6, 6.07) is 11.8. The van der Waals surface area contributed by atoms with Crippen LogP contribution in [0.3, 0.4) is 0 Å². The maximum absolute atomic E-state index is 12.4. The van der Waals surface area contributed by atoms with Crippen molar-refractivity contribution >= 4 is 17.5 Å². The quantitative estimate of drug-likeness (QED) is 0.722. The standard InChI is InChI=1S/C24H30ClN3O2/c1-17-5-4-8-20(26-17)16-28-13-11-21(12-14-28)30-23-10-9-18(15-22(23)25)24(29)27-19-6-2-3-7-19/h4-5,8-10,15,19,21H,2-3,6-7,11-14,16H2,1H3,(H,27,29). The van der Waals surface area contributed by atoms with Crippen molar-refractivity contribution in [1.82, 2.24) is 15.2 Å². The topological polar surface area (TPSA) is 54.5 Å². The molecule has 6 heteroatoms. The molecule has 1 N–H and O–H groups in total. The van der Waals surface area contributed by atoms with E-state index in [4.69, 9.17) is 16.3 Å². The number of ether oxygens (including phenoxy) is 1. The molecule has 2 aliphatic rings. The van der Waals surface area contributed by atoms with Gasteiger partial charge < -0.3 is 10.1 Å². The lowest BCUT2D eigenvalue weighted by Gasteiger charge is -2.32. The van der Waals surface area contributed by atoms with Crippen molar-refractivity contribution in [2.24, 2.45) is 0 Å². The largest absolute Gasteiger partial charge is 0.489 e. The van der Waals surface area contributed by atoms with E-state index >= 15 is 0 Å². The minimum absolute atomic E-state index is 0.0478. The SMILES string of the molecule is Cc1cccc(CN2CCC(Oc3ccc(C(=O)NC4CCCC4)cc3Cl)CC2)n1. The van der Waals surface area contributed by atoms with E-state index in [1.54, 1.807) is 6.07 Å². The van der Waals surface area contributed by atoms with Crippen LogP contribution in [0.4, 0.5) is 0 Å². The Labute approximate surface area is 183 Å². The van der Waals surface area contributed by atoms with Crippen molar-refractivity contribution in [3.8, 4) is 5.75 Å². The number of halogens is 1. The van der Waals surface area contributed by atoms with Gasteiger partial charge in [0.1, 0.15) is 11.9 Å². The number of benzene rings is 1. The van der Waals surface area contributed by atoms with Gasteiger partial charge in [-0.15, -0.1) is 0 Å². The second-order valence-corrected chi connectivity index (χ2v) is 8.87. The zero-order chi connectivity index (χ0) is 20.9. The van der Waals surface area contributed by atoms with E-state index in [9.17, 15) is 4.79 Å². The molecule has 4 rings (SSSR count). The summed E-state index contributed by atoms with van der Waals surface area (Å²) >= 11 is 6.44. The third-order valence-corrected chi connectivity index (χ3v) is 6.34. The molecule has 30 heavy (non-hydrogen) atoms. The minimum atomic E-state index is -0.0478. The summed E-state index contributed by atoms with van der Waals surface area (Å²) < 4.78 is 6.17. The lowest BCUT2D eigenvalue weighted by molar-refractivity contribution is 0.0936. The monoisotopic (exact) mass is 427 g/mol. The predicted octanol–water partition coefficient (Wildman–Crippen LogP) is 4.76. The molecule has 2 aromatic rings.